The van der Waals surface area contributed by atoms with E-state index in [1.807, 2.05) is 24.3 Å². The molecule has 1 unspecified atom stereocenters. The van der Waals surface area contributed by atoms with Gasteiger partial charge >= 0.3 is 0 Å². The topological polar surface area (TPSA) is 71.8 Å². The molecule has 1 aliphatic rings. The summed E-state index contributed by atoms with van der Waals surface area (Å²) < 4.78 is 32.4. The Morgan fingerprint density at radius 2 is 1.62 bits per heavy atom. The maximum Gasteiger partial charge on any atom is 0.267 e. The molecule has 1 saturated heterocycles. The average Bonchev–Trinajstić information content (AvgIpc) is 3.26. The smallest absolute Gasteiger partial charge is 0.267 e. The molecule has 2 heterocycles. The Morgan fingerprint density at radius 1 is 0.931 bits per heavy atom. The largest absolute Gasteiger partial charge is 0.382 e. The first-order chi connectivity index (χ1) is 14.1. The SMILES string of the molecule is O=S(=O)(c1ccccc1)n1cccc1C(O)c1ccc(CN2CCOCC2)cc1. The molecule has 152 valence electrons. The van der Waals surface area contributed by atoms with E-state index in [9.17, 15) is 13.5 Å². The number of aliphatic hydroxyl groups is 1. The number of nitrogens with zero attached hydrogens (tertiary/aromatic N) is 2. The third-order valence-corrected chi connectivity index (χ3v) is 6.85. The van der Waals surface area contributed by atoms with E-state index < -0.39 is 16.1 Å². The van der Waals surface area contributed by atoms with Gasteiger partial charge in [-0.2, -0.15) is 0 Å². The fourth-order valence-corrected chi connectivity index (χ4v) is 4.91. The van der Waals surface area contributed by atoms with Gasteiger partial charge in [0, 0.05) is 25.8 Å². The summed E-state index contributed by atoms with van der Waals surface area (Å²) >= 11 is 0. The normalized spacial score (nSPS) is 16.6. The van der Waals surface area contributed by atoms with Gasteiger partial charge in [-0.3, -0.25) is 4.90 Å². The van der Waals surface area contributed by atoms with E-state index in [1.54, 1.807) is 42.5 Å². The predicted molar refractivity (Wildman–Crippen MR) is 110 cm³/mol. The lowest BCUT2D eigenvalue weighted by atomic mass is 10.0. The fraction of sp³-hybridized carbons (Fsp3) is 0.273. The van der Waals surface area contributed by atoms with Crippen molar-refractivity contribution in [1.82, 2.24) is 8.87 Å². The summed E-state index contributed by atoms with van der Waals surface area (Å²) in [5.41, 5.74) is 2.11. The van der Waals surface area contributed by atoms with Crippen LogP contribution in [-0.2, 0) is 21.3 Å². The molecule has 1 aliphatic heterocycles. The van der Waals surface area contributed by atoms with Crippen molar-refractivity contribution in [2.24, 2.45) is 0 Å². The highest BCUT2D eigenvalue weighted by atomic mass is 32.2. The molecule has 0 amide bonds. The van der Waals surface area contributed by atoms with E-state index in [4.69, 9.17) is 4.74 Å². The van der Waals surface area contributed by atoms with E-state index in [1.165, 1.54) is 6.20 Å². The molecule has 6 nitrogen and oxygen atoms in total. The summed E-state index contributed by atoms with van der Waals surface area (Å²) in [5, 5.41) is 10.9. The molecular formula is C22H24N2O4S. The summed E-state index contributed by atoms with van der Waals surface area (Å²) in [6.45, 7) is 4.16. The van der Waals surface area contributed by atoms with E-state index >= 15 is 0 Å². The summed E-state index contributed by atoms with van der Waals surface area (Å²) in [7, 11) is -3.77. The zero-order valence-corrected chi connectivity index (χ0v) is 16.8. The standard InChI is InChI=1S/C22H24N2O4S/c25-22(19-10-8-18(9-11-19)17-23-13-15-28-16-14-23)21-7-4-12-24(21)29(26,27)20-5-2-1-3-6-20/h1-12,22,25H,13-17H2. The summed E-state index contributed by atoms with van der Waals surface area (Å²) in [5.74, 6) is 0. The Hall–Kier alpha value is -2.45. The van der Waals surface area contributed by atoms with Crippen LogP contribution in [0, 0.1) is 0 Å². The van der Waals surface area contributed by atoms with Crippen LogP contribution in [-0.4, -0.2) is 48.7 Å². The highest BCUT2D eigenvalue weighted by molar-refractivity contribution is 7.90. The van der Waals surface area contributed by atoms with Gasteiger partial charge in [0.15, 0.2) is 0 Å². The molecule has 0 saturated carbocycles. The number of hydrogen-bond acceptors (Lipinski definition) is 5. The highest BCUT2D eigenvalue weighted by Gasteiger charge is 2.23. The molecule has 0 radical (unpaired) electrons. The third-order valence-electron chi connectivity index (χ3n) is 5.13. The van der Waals surface area contributed by atoms with Gasteiger partial charge in [0.1, 0.15) is 6.10 Å². The van der Waals surface area contributed by atoms with Crippen LogP contribution in [0.4, 0.5) is 0 Å². The molecule has 1 N–H and O–H groups in total. The van der Waals surface area contributed by atoms with Crippen LogP contribution >= 0.6 is 0 Å². The van der Waals surface area contributed by atoms with Gasteiger partial charge in [0.25, 0.3) is 10.0 Å². The summed E-state index contributed by atoms with van der Waals surface area (Å²) in [6, 6.07) is 19.2. The lowest BCUT2D eigenvalue weighted by Gasteiger charge is -2.26. The van der Waals surface area contributed by atoms with Crippen molar-refractivity contribution in [3.63, 3.8) is 0 Å². The number of aromatic nitrogens is 1. The van der Waals surface area contributed by atoms with Crippen LogP contribution in [0.3, 0.4) is 0 Å². The van der Waals surface area contributed by atoms with Crippen molar-refractivity contribution < 1.29 is 18.3 Å². The third kappa shape index (κ3) is 4.28. The zero-order valence-electron chi connectivity index (χ0n) is 16.0. The molecule has 0 aliphatic carbocycles. The Balaban J connectivity index is 1.55. The van der Waals surface area contributed by atoms with Gasteiger partial charge in [0.2, 0.25) is 0 Å². The van der Waals surface area contributed by atoms with Crippen LogP contribution < -0.4 is 0 Å². The first kappa shape index (κ1) is 19.8. The first-order valence-corrected chi connectivity index (χ1v) is 11.0. The van der Waals surface area contributed by atoms with Crippen LogP contribution in [0.1, 0.15) is 22.9 Å². The Bertz CT molecular complexity index is 1040. The maximum absolute atomic E-state index is 13.0. The predicted octanol–water partition coefficient (Wildman–Crippen LogP) is 2.64. The molecule has 7 heteroatoms. The van der Waals surface area contributed by atoms with E-state index in [0.29, 0.717) is 11.3 Å². The number of aliphatic hydroxyl groups excluding tert-OH is 1. The van der Waals surface area contributed by atoms with E-state index in [-0.39, 0.29) is 4.90 Å². The quantitative estimate of drug-likeness (QED) is 0.674. The fourth-order valence-electron chi connectivity index (χ4n) is 3.51. The number of morpholine rings is 1. The lowest BCUT2D eigenvalue weighted by molar-refractivity contribution is 0.0342. The minimum Gasteiger partial charge on any atom is -0.382 e. The number of benzene rings is 2. The van der Waals surface area contributed by atoms with Gasteiger partial charge in [-0.25, -0.2) is 12.4 Å². The Labute approximate surface area is 171 Å². The van der Waals surface area contributed by atoms with Gasteiger partial charge in [-0.05, 0) is 35.4 Å². The lowest BCUT2D eigenvalue weighted by Crippen LogP contribution is -2.35. The minimum absolute atomic E-state index is 0.186. The molecule has 1 fully saturated rings. The van der Waals surface area contributed by atoms with Crippen LogP contribution in [0.25, 0.3) is 0 Å². The maximum atomic E-state index is 13.0. The van der Waals surface area contributed by atoms with Crippen molar-refractivity contribution >= 4 is 10.0 Å². The molecular weight excluding hydrogens is 388 g/mol. The second kappa shape index (κ2) is 8.51. The summed E-state index contributed by atoms with van der Waals surface area (Å²) in [6.07, 6.45) is 0.425. The Kier molecular flexibility index (Phi) is 5.82. The number of rotatable bonds is 6. The second-order valence-corrected chi connectivity index (χ2v) is 8.89. The average molecular weight is 413 g/mol. The molecule has 29 heavy (non-hydrogen) atoms. The Morgan fingerprint density at radius 3 is 2.31 bits per heavy atom. The van der Waals surface area contributed by atoms with Crippen LogP contribution in [0.5, 0.6) is 0 Å². The number of ether oxygens (including phenoxy) is 1. The molecule has 4 rings (SSSR count). The second-order valence-electron chi connectivity index (χ2n) is 7.08. The monoisotopic (exact) mass is 412 g/mol. The van der Waals surface area contributed by atoms with Crippen molar-refractivity contribution in [1.29, 1.82) is 0 Å². The molecule has 1 atom stereocenters. The molecule has 0 spiro atoms. The zero-order chi connectivity index (χ0) is 20.3. The van der Waals surface area contributed by atoms with E-state index in [2.05, 4.69) is 4.90 Å². The van der Waals surface area contributed by atoms with E-state index in [0.717, 1.165) is 42.4 Å². The van der Waals surface area contributed by atoms with Crippen LogP contribution in [0.2, 0.25) is 0 Å². The van der Waals surface area contributed by atoms with Gasteiger partial charge < -0.3 is 9.84 Å². The van der Waals surface area contributed by atoms with Gasteiger partial charge in [0.05, 0.1) is 23.8 Å². The molecule has 3 aromatic rings. The molecule has 1 aromatic heterocycles. The first-order valence-electron chi connectivity index (χ1n) is 9.60. The molecule has 2 aromatic carbocycles. The van der Waals surface area contributed by atoms with Crippen LogP contribution in [0.15, 0.2) is 77.8 Å². The van der Waals surface area contributed by atoms with Gasteiger partial charge in [-0.1, -0.05) is 42.5 Å². The highest BCUT2D eigenvalue weighted by Crippen LogP contribution is 2.26. The van der Waals surface area contributed by atoms with Gasteiger partial charge in [-0.15, -0.1) is 0 Å². The summed E-state index contributed by atoms with van der Waals surface area (Å²) in [4.78, 5) is 2.51. The minimum atomic E-state index is -3.77. The number of hydrogen-bond donors (Lipinski definition) is 1. The van der Waals surface area contributed by atoms with Crippen molar-refractivity contribution in [2.75, 3.05) is 26.3 Å². The van der Waals surface area contributed by atoms with Crippen molar-refractivity contribution in [3.05, 3.63) is 89.7 Å². The van der Waals surface area contributed by atoms with Crippen molar-refractivity contribution in [3.8, 4) is 0 Å². The molecule has 0 bridgehead atoms. The van der Waals surface area contributed by atoms with Crippen molar-refractivity contribution in [2.45, 2.75) is 17.5 Å².